The number of aliphatic hydroxyl groups is 2. The fourth-order valence-corrected chi connectivity index (χ4v) is 1.49. The van der Waals surface area contributed by atoms with E-state index in [9.17, 15) is 5.11 Å². The highest BCUT2D eigenvalue weighted by Gasteiger charge is 2.08. The van der Waals surface area contributed by atoms with Crippen molar-refractivity contribution in [3.8, 4) is 0 Å². The minimum atomic E-state index is -0.512. The average Bonchev–Trinajstić information content (AvgIpc) is 2.34. The van der Waals surface area contributed by atoms with Crippen molar-refractivity contribution >= 4 is 5.82 Å². The first-order chi connectivity index (χ1) is 8.19. The number of aliphatic hydroxyl groups excluding tert-OH is 2. The van der Waals surface area contributed by atoms with Gasteiger partial charge in [-0.15, -0.1) is 0 Å². The summed E-state index contributed by atoms with van der Waals surface area (Å²) in [5.74, 6) is 0.778. The van der Waals surface area contributed by atoms with Crippen LogP contribution in [0.15, 0.2) is 18.3 Å². The van der Waals surface area contributed by atoms with E-state index < -0.39 is 6.10 Å². The molecule has 1 heterocycles. The Morgan fingerprint density at radius 2 is 2.18 bits per heavy atom. The third-order valence-electron chi connectivity index (χ3n) is 2.51. The van der Waals surface area contributed by atoms with Gasteiger partial charge in [-0.3, -0.25) is 0 Å². The molecule has 0 spiro atoms. The van der Waals surface area contributed by atoms with E-state index in [1.165, 1.54) is 0 Å². The maximum Gasteiger partial charge on any atom is 0.128 e. The number of methoxy groups -OCH3 is 1. The van der Waals surface area contributed by atoms with Crippen LogP contribution in [0.2, 0.25) is 0 Å². The lowest BCUT2D eigenvalue weighted by atomic mass is 10.2. The lowest BCUT2D eigenvalue weighted by Gasteiger charge is -2.22. The summed E-state index contributed by atoms with van der Waals surface area (Å²) in [7, 11) is 1.64. The predicted molar refractivity (Wildman–Crippen MR) is 66.0 cm³/mol. The van der Waals surface area contributed by atoms with Crippen molar-refractivity contribution in [1.29, 1.82) is 0 Å². The topological polar surface area (TPSA) is 65.8 Å². The van der Waals surface area contributed by atoms with Gasteiger partial charge in [0.05, 0.1) is 19.3 Å². The Morgan fingerprint density at radius 3 is 2.65 bits per heavy atom. The van der Waals surface area contributed by atoms with Gasteiger partial charge in [0.1, 0.15) is 5.82 Å². The van der Waals surface area contributed by atoms with Crippen LogP contribution in [0.25, 0.3) is 0 Å². The largest absolute Gasteiger partial charge is 0.395 e. The van der Waals surface area contributed by atoms with Gasteiger partial charge in [-0.25, -0.2) is 4.98 Å². The molecule has 1 aromatic rings. The van der Waals surface area contributed by atoms with Crippen molar-refractivity contribution in [3.05, 3.63) is 23.9 Å². The Balaban J connectivity index is 2.72. The van der Waals surface area contributed by atoms with E-state index in [0.717, 1.165) is 11.4 Å². The van der Waals surface area contributed by atoms with Crippen LogP contribution in [-0.4, -0.2) is 48.6 Å². The predicted octanol–water partition coefficient (Wildman–Crippen LogP) is 0.580. The third-order valence-corrected chi connectivity index (χ3v) is 2.51. The van der Waals surface area contributed by atoms with E-state index in [0.29, 0.717) is 19.7 Å². The lowest BCUT2D eigenvalue weighted by Crippen LogP contribution is -2.30. The summed E-state index contributed by atoms with van der Waals surface area (Å²) >= 11 is 0. The maximum atomic E-state index is 9.38. The van der Waals surface area contributed by atoms with Gasteiger partial charge in [0.25, 0.3) is 0 Å². The van der Waals surface area contributed by atoms with Gasteiger partial charge in [0, 0.05) is 26.4 Å². The van der Waals surface area contributed by atoms with Crippen LogP contribution in [-0.2, 0) is 4.74 Å². The molecule has 5 nitrogen and oxygen atoms in total. The Bertz CT molecular complexity index is 314. The Kier molecular flexibility index (Phi) is 5.90. The van der Waals surface area contributed by atoms with Crippen LogP contribution in [0.5, 0.6) is 0 Å². The molecule has 0 aromatic carbocycles. The summed E-state index contributed by atoms with van der Waals surface area (Å²) in [6, 6.07) is 3.68. The molecule has 0 aliphatic heterocycles. The van der Waals surface area contributed by atoms with Crippen molar-refractivity contribution < 1.29 is 14.9 Å². The molecule has 0 unspecified atom stereocenters. The van der Waals surface area contributed by atoms with Gasteiger partial charge >= 0.3 is 0 Å². The second kappa shape index (κ2) is 7.21. The molecule has 1 rings (SSSR count). The molecule has 17 heavy (non-hydrogen) atoms. The number of nitrogens with zero attached hydrogens (tertiary/aromatic N) is 2. The first kappa shape index (κ1) is 13.9. The van der Waals surface area contributed by atoms with Crippen LogP contribution in [0, 0.1) is 0 Å². The van der Waals surface area contributed by atoms with Gasteiger partial charge < -0.3 is 19.8 Å². The molecule has 96 valence electrons. The summed E-state index contributed by atoms with van der Waals surface area (Å²) < 4.78 is 5.01. The van der Waals surface area contributed by atoms with Crippen LogP contribution < -0.4 is 4.90 Å². The molecular formula is C12H20N2O3. The Labute approximate surface area is 102 Å². The van der Waals surface area contributed by atoms with Crippen LogP contribution in [0.1, 0.15) is 18.6 Å². The number of aromatic nitrogens is 1. The summed E-state index contributed by atoms with van der Waals surface area (Å²) in [4.78, 5) is 6.21. The molecule has 5 heteroatoms. The standard InChI is InChI=1S/C12H20N2O3/c1-10(16)11-3-4-12(13-9-11)14(5-7-15)6-8-17-2/h3-4,9-10,15-16H,5-8H2,1-2H3/t10-/m0/s1. The fraction of sp³-hybridized carbons (Fsp3) is 0.583. The van der Waals surface area contributed by atoms with Crippen molar-refractivity contribution in [2.24, 2.45) is 0 Å². The number of ether oxygens (including phenoxy) is 1. The minimum Gasteiger partial charge on any atom is -0.395 e. The lowest BCUT2D eigenvalue weighted by molar-refractivity contribution is 0.198. The molecule has 0 saturated carbocycles. The first-order valence-corrected chi connectivity index (χ1v) is 5.67. The maximum absolute atomic E-state index is 9.38. The molecule has 0 saturated heterocycles. The van der Waals surface area contributed by atoms with E-state index in [1.807, 2.05) is 17.0 Å². The molecular weight excluding hydrogens is 220 g/mol. The molecule has 2 N–H and O–H groups in total. The van der Waals surface area contributed by atoms with Crippen LogP contribution in [0.4, 0.5) is 5.82 Å². The molecule has 0 fully saturated rings. The van der Waals surface area contributed by atoms with Gasteiger partial charge in [0.15, 0.2) is 0 Å². The van der Waals surface area contributed by atoms with E-state index >= 15 is 0 Å². The zero-order chi connectivity index (χ0) is 12.7. The Hall–Kier alpha value is -1.17. The van der Waals surface area contributed by atoms with E-state index in [-0.39, 0.29) is 6.61 Å². The molecule has 0 amide bonds. The third kappa shape index (κ3) is 4.30. The van der Waals surface area contributed by atoms with Gasteiger partial charge in [0.2, 0.25) is 0 Å². The van der Waals surface area contributed by atoms with E-state index in [4.69, 9.17) is 9.84 Å². The van der Waals surface area contributed by atoms with Gasteiger partial charge in [-0.05, 0) is 18.6 Å². The van der Waals surface area contributed by atoms with Gasteiger partial charge in [-0.1, -0.05) is 6.07 Å². The summed E-state index contributed by atoms with van der Waals surface area (Å²) in [5, 5.41) is 18.4. The molecule has 0 aliphatic carbocycles. The second-order valence-electron chi connectivity index (χ2n) is 3.83. The number of rotatable bonds is 7. The molecule has 1 aromatic heterocycles. The van der Waals surface area contributed by atoms with E-state index in [2.05, 4.69) is 4.98 Å². The molecule has 0 radical (unpaired) electrons. The summed E-state index contributed by atoms with van der Waals surface area (Å²) in [6.45, 7) is 3.55. The highest BCUT2D eigenvalue weighted by molar-refractivity contribution is 5.39. The average molecular weight is 240 g/mol. The number of hydrogen-bond donors (Lipinski definition) is 2. The minimum absolute atomic E-state index is 0.0730. The molecule has 1 atom stereocenters. The molecule has 0 bridgehead atoms. The fourth-order valence-electron chi connectivity index (χ4n) is 1.49. The van der Waals surface area contributed by atoms with Crippen LogP contribution >= 0.6 is 0 Å². The number of pyridine rings is 1. The summed E-state index contributed by atoms with van der Waals surface area (Å²) in [6.07, 6.45) is 1.14. The normalized spacial score (nSPS) is 12.5. The smallest absolute Gasteiger partial charge is 0.128 e. The Morgan fingerprint density at radius 1 is 1.41 bits per heavy atom. The summed E-state index contributed by atoms with van der Waals surface area (Å²) in [5.41, 5.74) is 0.782. The number of anilines is 1. The quantitative estimate of drug-likeness (QED) is 0.730. The first-order valence-electron chi connectivity index (χ1n) is 5.67. The molecule has 0 aliphatic rings. The zero-order valence-electron chi connectivity index (χ0n) is 10.3. The van der Waals surface area contributed by atoms with Crippen molar-refractivity contribution in [3.63, 3.8) is 0 Å². The SMILES string of the molecule is COCCN(CCO)c1ccc([C@H](C)O)cn1. The highest BCUT2D eigenvalue weighted by Crippen LogP contribution is 2.15. The van der Waals surface area contributed by atoms with Crippen molar-refractivity contribution in [2.75, 3.05) is 38.3 Å². The van der Waals surface area contributed by atoms with Crippen molar-refractivity contribution in [2.45, 2.75) is 13.0 Å². The number of hydrogen-bond acceptors (Lipinski definition) is 5. The zero-order valence-corrected chi connectivity index (χ0v) is 10.3. The van der Waals surface area contributed by atoms with Gasteiger partial charge in [-0.2, -0.15) is 0 Å². The van der Waals surface area contributed by atoms with Crippen LogP contribution in [0.3, 0.4) is 0 Å². The second-order valence-corrected chi connectivity index (χ2v) is 3.83. The van der Waals surface area contributed by atoms with E-state index in [1.54, 1.807) is 20.2 Å². The monoisotopic (exact) mass is 240 g/mol. The highest BCUT2D eigenvalue weighted by atomic mass is 16.5. The van der Waals surface area contributed by atoms with Crippen molar-refractivity contribution in [1.82, 2.24) is 4.98 Å².